The largest absolute Gasteiger partial charge is 0.497 e. The van der Waals surface area contributed by atoms with Crippen LogP contribution in [0.4, 0.5) is 5.69 Å². The predicted molar refractivity (Wildman–Crippen MR) is 92.3 cm³/mol. The second kappa shape index (κ2) is 8.15. The van der Waals surface area contributed by atoms with Gasteiger partial charge in [0, 0.05) is 5.69 Å². The maximum Gasteiger partial charge on any atom is 0.338 e. The molecule has 0 aliphatic heterocycles. The number of hydrogen-bond donors (Lipinski definition) is 1. The minimum absolute atomic E-state index is 0.390. The van der Waals surface area contributed by atoms with Gasteiger partial charge in [0.25, 0.3) is 5.91 Å². The van der Waals surface area contributed by atoms with Crippen LogP contribution in [-0.4, -0.2) is 25.1 Å². The van der Waals surface area contributed by atoms with Crippen molar-refractivity contribution in [2.24, 2.45) is 0 Å². The Hall–Kier alpha value is -2.82. The van der Waals surface area contributed by atoms with E-state index < -0.39 is 18.0 Å². The lowest BCUT2D eigenvalue weighted by Gasteiger charge is -2.14. The first-order chi connectivity index (χ1) is 11.5. The molecule has 0 fully saturated rings. The first kappa shape index (κ1) is 17.5. The smallest absolute Gasteiger partial charge is 0.338 e. The highest BCUT2D eigenvalue weighted by atomic mass is 16.5. The summed E-state index contributed by atoms with van der Waals surface area (Å²) in [5.41, 5.74) is 2.17. The topological polar surface area (TPSA) is 64.6 Å². The van der Waals surface area contributed by atoms with Gasteiger partial charge in [-0.25, -0.2) is 4.79 Å². The third kappa shape index (κ3) is 4.59. The summed E-state index contributed by atoms with van der Waals surface area (Å²) in [5.74, 6) is -0.211. The van der Waals surface area contributed by atoms with Gasteiger partial charge in [0.15, 0.2) is 6.10 Å². The van der Waals surface area contributed by atoms with Crippen molar-refractivity contribution in [2.75, 3.05) is 12.4 Å². The van der Waals surface area contributed by atoms with Gasteiger partial charge in [-0.1, -0.05) is 19.1 Å². The fourth-order valence-electron chi connectivity index (χ4n) is 2.08. The van der Waals surface area contributed by atoms with Crippen molar-refractivity contribution in [3.05, 3.63) is 59.7 Å². The molecule has 0 bridgehead atoms. The van der Waals surface area contributed by atoms with Crippen LogP contribution in [-0.2, 0) is 16.0 Å². The van der Waals surface area contributed by atoms with Crippen LogP contribution in [0, 0.1) is 0 Å². The number of nitrogens with one attached hydrogen (secondary N) is 1. The molecular weight excluding hydrogens is 306 g/mol. The van der Waals surface area contributed by atoms with Gasteiger partial charge >= 0.3 is 5.97 Å². The summed E-state index contributed by atoms with van der Waals surface area (Å²) in [6.45, 7) is 3.58. The van der Waals surface area contributed by atoms with E-state index in [2.05, 4.69) is 5.32 Å². The second-order valence-corrected chi connectivity index (χ2v) is 5.32. The van der Waals surface area contributed by atoms with Gasteiger partial charge in [-0.15, -0.1) is 0 Å². The van der Waals surface area contributed by atoms with Crippen molar-refractivity contribution in [1.29, 1.82) is 0 Å². The molecule has 0 aliphatic carbocycles. The molecule has 5 nitrogen and oxygen atoms in total. The molecule has 0 spiro atoms. The number of carbonyl (C=O) groups excluding carboxylic acids is 2. The quantitative estimate of drug-likeness (QED) is 0.826. The Balaban J connectivity index is 1.93. The summed E-state index contributed by atoms with van der Waals surface area (Å²) in [6.07, 6.45) is 0.00108. The van der Waals surface area contributed by atoms with Gasteiger partial charge in [-0.2, -0.15) is 0 Å². The standard InChI is InChI=1S/C19H21NO4/c1-4-14-5-7-15(8-6-14)19(22)24-13(2)18(21)20-16-9-11-17(23-3)12-10-16/h5-13H,4H2,1-3H3,(H,20,21). The predicted octanol–water partition coefficient (Wildman–Crippen LogP) is 3.44. The number of methoxy groups -OCH3 is 1. The molecule has 2 aromatic carbocycles. The molecule has 0 saturated heterocycles. The first-order valence-electron chi connectivity index (χ1n) is 7.78. The lowest BCUT2D eigenvalue weighted by molar-refractivity contribution is -0.123. The molecule has 1 N–H and O–H groups in total. The molecule has 2 rings (SSSR count). The summed E-state index contributed by atoms with van der Waals surface area (Å²) >= 11 is 0. The molecule has 2 aromatic rings. The van der Waals surface area contributed by atoms with Crippen LogP contribution >= 0.6 is 0 Å². The molecule has 0 aliphatic rings. The monoisotopic (exact) mass is 327 g/mol. The van der Waals surface area contributed by atoms with Crippen LogP contribution in [0.1, 0.15) is 29.8 Å². The molecule has 1 amide bonds. The van der Waals surface area contributed by atoms with Crippen LogP contribution in [0.2, 0.25) is 0 Å². The number of ether oxygens (including phenoxy) is 2. The van der Waals surface area contributed by atoms with Gasteiger partial charge in [0.2, 0.25) is 0 Å². The normalized spacial score (nSPS) is 11.5. The van der Waals surface area contributed by atoms with Gasteiger partial charge < -0.3 is 14.8 Å². The third-order valence-electron chi connectivity index (χ3n) is 3.61. The molecule has 0 aromatic heterocycles. The second-order valence-electron chi connectivity index (χ2n) is 5.32. The molecule has 1 unspecified atom stereocenters. The average Bonchev–Trinajstić information content (AvgIpc) is 2.62. The van der Waals surface area contributed by atoms with Gasteiger partial charge in [-0.05, 0) is 55.3 Å². The van der Waals surface area contributed by atoms with E-state index >= 15 is 0 Å². The van der Waals surface area contributed by atoms with Gasteiger partial charge in [-0.3, -0.25) is 4.79 Å². The Bertz CT molecular complexity index is 692. The lowest BCUT2D eigenvalue weighted by Crippen LogP contribution is -2.30. The van der Waals surface area contributed by atoms with E-state index in [4.69, 9.17) is 9.47 Å². The fourth-order valence-corrected chi connectivity index (χ4v) is 2.08. The van der Waals surface area contributed by atoms with Crippen molar-refractivity contribution < 1.29 is 19.1 Å². The molecule has 126 valence electrons. The molecule has 0 saturated carbocycles. The fraction of sp³-hybridized carbons (Fsp3) is 0.263. The van der Waals surface area contributed by atoms with E-state index in [1.54, 1.807) is 43.5 Å². The first-order valence-corrected chi connectivity index (χ1v) is 7.78. The molecular formula is C19H21NO4. The molecule has 1 atom stereocenters. The lowest BCUT2D eigenvalue weighted by atomic mass is 10.1. The summed E-state index contributed by atoms with van der Waals surface area (Å²) in [4.78, 5) is 24.2. The number of hydrogen-bond acceptors (Lipinski definition) is 4. The number of amides is 1. The number of aryl methyl sites for hydroxylation is 1. The Labute approximate surface area is 141 Å². The van der Waals surface area contributed by atoms with E-state index in [-0.39, 0.29) is 0 Å². The maximum atomic E-state index is 12.1. The van der Waals surface area contributed by atoms with Crippen molar-refractivity contribution in [3.8, 4) is 5.75 Å². The van der Waals surface area contributed by atoms with Gasteiger partial charge in [0.1, 0.15) is 5.75 Å². The van der Waals surface area contributed by atoms with Crippen LogP contribution in [0.15, 0.2) is 48.5 Å². The third-order valence-corrected chi connectivity index (χ3v) is 3.61. The van der Waals surface area contributed by atoms with Crippen LogP contribution < -0.4 is 10.1 Å². The highest BCUT2D eigenvalue weighted by molar-refractivity contribution is 5.97. The van der Waals surface area contributed by atoms with E-state index in [1.807, 2.05) is 19.1 Å². The Morgan fingerprint density at radius 2 is 1.67 bits per heavy atom. The van der Waals surface area contributed by atoms with Crippen LogP contribution in [0.5, 0.6) is 5.75 Å². The van der Waals surface area contributed by atoms with E-state index in [0.717, 1.165) is 12.0 Å². The van der Waals surface area contributed by atoms with Crippen molar-refractivity contribution >= 4 is 17.6 Å². The number of rotatable bonds is 6. The minimum Gasteiger partial charge on any atom is -0.497 e. The zero-order valence-electron chi connectivity index (χ0n) is 14.0. The Morgan fingerprint density at radius 3 is 2.21 bits per heavy atom. The van der Waals surface area contributed by atoms with Crippen molar-refractivity contribution in [2.45, 2.75) is 26.4 Å². The average molecular weight is 327 g/mol. The van der Waals surface area contributed by atoms with Gasteiger partial charge in [0.05, 0.1) is 12.7 Å². The Kier molecular flexibility index (Phi) is 5.95. The zero-order chi connectivity index (χ0) is 17.5. The highest BCUT2D eigenvalue weighted by Crippen LogP contribution is 2.15. The molecule has 0 radical (unpaired) electrons. The molecule has 0 heterocycles. The van der Waals surface area contributed by atoms with E-state index in [0.29, 0.717) is 17.0 Å². The van der Waals surface area contributed by atoms with Crippen LogP contribution in [0.25, 0.3) is 0 Å². The Morgan fingerprint density at radius 1 is 1.04 bits per heavy atom. The summed E-state index contributed by atoms with van der Waals surface area (Å²) in [6, 6.07) is 14.1. The number of anilines is 1. The molecule has 24 heavy (non-hydrogen) atoms. The summed E-state index contributed by atoms with van der Waals surface area (Å²) < 4.78 is 10.3. The summed E-state index contributed by atoms with van der Waals surface area (Å²) in [5, 5.41) is 2.70. The SMILES string of the molecule is CCc1ccc(C(=O)OC(C)C(=O)Nc2ccc(OC)cc2)cc1. The minimum atomic E-state index is -0.898. The van der Waals surface area contributed by atoms with Crippen molar-refractivity contribution in [1.82, 2.24) is 0 Å². The maximum absolute atomic E-state index is 12.1. The highest BCUT2D eigenvalue weighted by Gasteiger charge is 2.19. The van der Waals surface area contributed by atoms with Crippen LogP contribution in [0.3, 0.4) is 0 Å². The zero-order valence-corrected chi connectivity index (χ0v) is 14.0. The van der Waals surface area contributed by atoms with E-state index in [1.165, 1.54) is 6.92 Å². The number of esters is 1. The van der Waals surface area contributed by atoms with E-state index in [9.17, 15) is 9.59 Å². The number of carbonyl (C=O) groups is 2. The molecule has 5 heteroatoms. The number of benzene rings is 2. The van der Waals surface area contributed by atoms with Crippen molar-refractivity contribution in [3.63, 3.8) is 0 Å². The summed E-state index contributed by atoms with van der Waals surface area (Å²) in [7, 11) is 1.57.